The largest absolute Gasteiger partial charge is 0.495 e. The Labute approximate surface area is 86.2 Å². The SMILES string of the molecule is COc1cc(-c2cscn2)ccc1N. The maximum absolute atomic E-state index is 5.71. The van der Waals surface area contributed by atoms with Crippen LogP contribution < -0.4 is 10.5 Å². The predicted octanol–water partition coefficient (Wildman–Crippen LogP) is 2.40. The predicted molar refractivity (Wildman–Crippen MR) is 58.5 cm³/mol. The molecule has 2 rings (SSSR count). The Morgan fingerprint density at radius 1 is 1.43 bits per heavy atom. The minimum absolute atomic E-state index is 0.645. The van der Waals surface area contributed by atoms with Gasteiger partial charge in [0.25, 0.3) is 0 Å². The van der Waals surface area contributed by atoms with Crippen LogP contribution >= 0.6 is 11.3 Å². The van der Waals surface area contributed by atoms with Gasteiger partial charge in [-0.3, -0.25) is 0 Å². The van der Waals surface area contributed by atoms with Crippen LogP contribution in [-0.4, -0.2) is 12.1 Å². The zero-order chi connectivity index (χ0) is 9.97. The van der Waals surface area contributed by atoms with Crippen LogP contribution in [0.2, 0.25) is 0 Å². The molecule has 1 aromatic carbocycles. The Bertz CT molecular complexity index is 426. The fourth-order valence-corrected chi connectivity index (χ4v) is 1.79. The van der Waals surface area contributed by atoms with Crippen LogP contribution in [0.25, 0.3) is 11.3 Å². The van der Waals surface area contributed by atoms with Gasteiger partial charge in [-0.2, -0.15) is 0 Å². The maximum atomic E-state index is 5.71. The van der Waals surface area contributed by atoms with Crippen LogP contribution in [0.4, 0.5) is 5.69 Å². The van der Waals surface area contributed by atoms with Crippen molar-refractivity contribution in [3.05, 3.63) is 29.1 Å². The molecule has 2 N–H and O–H groups in total. The zero-order valence-electron chi connectivity index (χ0n) is 7.73. The Kier molecular flexibility index (Phi) is 2.37. The molecule has 0 aliphatic carbocycles. The summed E-state index contributed by atoms with van der Waals surface area (Å²) in [4.78, 5) is 4.21. The molecule has 2 aromatic rings. The number of ether oxygens (including phenoxy) is 1. The Balaban J connectivity index is 2.46. The van der Waals surface area contributed by atoms with Crippen LogP contribution in [0.3, 0.4) is 0 Å². The van der Waals surface area contributed by atoms with Crippen LogP contribution in [0.5, 0.6) is 5.75 Å². The first kappa shape index (κ1) is 9.02. The van der Waals surface area contributed by atoms with Gasteiger partial charge in [-0.25, -0.2) is 4.98 Å². The second-order valence-electron chi connectivity index (χ2n) is 2.83. The highest BCUT2D eigenvalue weighted by Gasteiger charge is 2.03. The van der Waals surface area contributed by atoms with Gasteiger partial charge in [-0.1, -0.05) is 6.07 Å². The van der Waals surface area contributed by atoms with E-state index in [0.717, 1.165) is 11.3 Å². The lowest BCUT2D eigenvalue weighted by atomic mass is 10.1. The number of aromatic nitrogens is 1. The first-order chi connectivity index (χ1) is 6.81. The highest BCUT2D eigenvalue weighted by molar-refractivity contribution is 7.07. The van der Waals surface area contributed by atoms with Crippen molar-refractivity contribution in [1.29, 1.82) is 0 Å². The molecule has 0 aliphatic rings. The summed E-state index contributed by atoms with van der Waals surface area (Å²) in [5.74, 6) is 0.690. The van der Waals surface area contributed by atoms with Gasteiger partial charge in [-0.05, 0) is 12.1 Å². The number of hydrogen-bond donors (Lipinski definition) is 1. The molecule has 0 fully saturated rings. The van der Waals surface area contributed by atoms with Gasteiger partial charge in [0.15, 0.2) is 0 Å². The molecule has 0 saturated heterocycles. The zero-order valence-corrected chi connectivity index (χ0v) is 8.54. The van der Waals surface area contributed by atoms with Crippen molar-refractivity contribution >= 4 is 17.0 Å². The van der Waals surface area contributed by atoms with Gasteiger partial charge in [0.05, 0.1) is 24.0 Å². The molecule has 0 radical (unpaired) electrons. The van der Waals surface area contributed by atoms with E-state index in [9.17, 15) is 0 Å². The van der Waals surface area contributed by atoms with E-state index in [1.54, 1.807) is 24.0 Å². The molecule has 3 nitrogen and oxygen atoms in total. The highest BCUT2D eigenvalue weighted by Crippen LogP contribution is 2.28. The van der Waals surface area contributed by atoms with E-state index in [4.69, 9.17) is 10.5 Å². The number of benzene rings is 1. The Morgan fingerprint density at radius 2 is 2.29 bits per heavy atom. The maximum Gasteiger partial charge on any atom is 0.142 e. The third kappa shape index (κ3) is 1.56. The van der Waals surface area contributed by atoms with E-state index in [1.165, 1.54) is 0 Å². The molecule has 0 aliphatic heterocycles. The number of anilines is 1. The molecule has 0 amide bonds. The average molecular weight is 206 g/mol. The molecule has 4 heteroatoms. The summed E-state index contributed by atoms with van der Waals surface area (Å²) in [5.41, 5.74) is 10.1. The minimum atomic E-state index is 0.645. The highest BCUT2D eigenvalue weighted by atomic mass is 32.1. The summed E-state index contributed by atoms with van der Waals surface area (Å²) in [7, 11) is 1.61. The summed E-state index contributed by atoms with van der Waals surface area (Å²) in [6.45, 7) is 0. The molecule has 72 valence electrons. The van der Waals surface area contributed by atoms with Gasteiger partial charge in [0, 0.05) is 10.9 Å². The molecular weight excluding hydrogens is 196 g/mol. The second kappa shape index (κ2) is 3.67. The lowest BCUT2D eigenvalue weighted by molar-refractivity contribution is 0.417. The molecule has 0 spiro atoms. The van der Waals surface area contributed by atoms with E-state index in [0.29, 0.717) is 11.4 Å². The first-order valence-corrected chi connectivity index (χ1v) is 5.07. The lowest BCUT2D eigenvalue weighted by Gasteiger charge is -2.05. The van der Waals surface area contributed by atoms with E-state index >= 15 is 0 Å². The monoisotopic (exact) mass is 206 g/mol. The van der Waals surface area contributed by atoms with Gasteiger partial charge in [-0.15, -0.1) is 11.3 Å². The summed E-state index contributed by atoms with van der Waals surface area (Å²) < 4.78 is 5.13. The number of nitrogens with zero attached hydrogens (tertiary/aromatic N) is 1. The van der Waals surface area contributed by atoms with E-state index in [-0.39, 0.29) is 0 Å². The van der Waals surface area contributed by atoms with Crippen LogP contribution in [-0.2, 0) is 0 Å². The molecule has 14 heavy (non-hydrogen) atoms. The van der Waals surface area contributed by atoms with Crippen molar-refractivity contribution in [2.75, 3.05) is 12.8 Å². The summed E-state index contributed by atoms with van der Waals surface area (Å²) in [6.07, 6.45) is 0. The fourth-order valence-electron chi connectivity index (χ4n) is 1.23. The number of hydrogen-bond acceptors (Lipinski definition) is 4. The summed E-state index contributed by atoms with van der Waals surface area (Å²) in [6, 6.07) is 5.66. The molecule has 0 atom stereocenters. The number of rotatable bonds is 2. The first-order valence-electron chi connectivity index (χ1n) is 4.13. The van der Waals surface area contributed by atoms with E-state index in [1.807, 2.05) is 23.6 Å². The number of thiazole rings is 1. The van der Waals surface area contributed by atoms with Crippen LogP contribution in [0, 0.1) is 0 Å². The van der Waals surface area contributed by atoms with Crippen molar-refractivity contribution in [3.8, 4) is 17.0 Å². The normalized spacial score (nSPS) is 10.1. The molecule has 1 heterocycles. The van der Waals surface area contributed by atoms with E-state index in [2.05, 4.69) is 4.98 Å². The molecule has 0 saturated carbocycles. The van der Waals surface area contributed by atoms with Crippen molar-refractivity contribution in [2.45, 2.75) is 0 Å². The standard InChI is InChI=1S/C10H10N2OS/c1-13-10-4-7(2-3-8(10)11)9-5-14-6-12-9/h2-6H,11H2,1H3. The molecule has 1 aromatic heterocycles. The topological polar surface area (TPSA) is 48.1 Å². The van der Waals surface area contributed by atoms with Crippen molar-refractivity contribution in [2.24, 2.45) is 0 Å². The van der Waals surface area contributed by atoms with Crippen LogP contribution in [0.15, 0.2) is 29.1 Å². The lowest BCUT2D eigenvalue weighted by Crippen LogP contribution is -1.92. The fraction of sp³-hybridized carbons (Fsp3) is 0.100. The smallest absolute Gasteiger partial charge is 0.142 e. The average Bonchev–Trinajstić information content (AvgIpc) is 2.71. The van der Waals surface area contributed by atoms with Crippen molar-refractivity contribution < 1.29 is 4.74 Å². The number of methoxy groups -OCH3 is 1. The molecule has 0 unspecified atom stereocenters. The van der Waals surface area contributed by atoms with Gasteiger partial charge < -0.3 is 10.5 Å². The Morgan fingerprint density at radius 3 is 2.93 bits per heavy atom. The van der Waals surface area contributed by atoms with Gasteiger partial charge >= 0.3 is 0 Å². The Hall–Kier alpha value is -1.55. The molecular formula is C10H10N2OS. The van der Waals surface area contributed by atoms with Crippen LogP contribution in [0.1, 0.15) is 0 Å². The summed E-state index contributed by atoms with van der Waals surface area (Å²) >= 11 is 1.57. The minimum Gasteiger partial charge on any atom is -0.495 e. The van der Waals surface area contributed by atoms with Gasteiger partial charge in [0.2, 0.25) is 0 Å². The third-order valence-corrected chi connectivity index (χ3v) is 2.55. The second-order valence-corrected chi connectivity index (χ2v) is 3.55. The third-order valence-electron chi connectivity index (χ3n) is 1.96. The number of nitrogens with two attached hydrogens (primary N) is 1. The van der Waals surface area contributed by atoms with Gasteiger partial charge in [0.1, 0.15) is 5.75 Å². The summed E-state index contributed by atoms with van der Waals surface area (Å²) in [5, 5.41) is 1.99. The van der Waals surface area contributed by atoms with E-state index < -0.39 is 0 Å². The quantitative estimate of drug-likeness (QED) is 0.767. The van der Waals surface area contributed by atoms with Crippen molar-refractivity contribution in [1.82, 2.24) is 4.98 Å². The van der Waals surface area contributed by atoms with Crippen molar-refractivity contribution in [3.63, 3.8) is 0 Å². The number of nitrogen functional groups attached to an aromatic ring is 1. The molecule has 0 bridgehead atoms.